The van der Waals surface area contributed by atoms with Crippen LogP contribution in [0.4, 0.5) is 0 Å². The molecule has 0 aliphatic rings. The van der Waals surface area contributed by atoms with Gasteiger partial charge in [-0.2, -0.15) is 0 Å². The van der Waals surface area contributed by atoms with Crippen molar-refractivity contribution in [3.63, 3.8) is 0 Å². The number of carbonyl (C=O) groups excluding carboxylic acids is 4. The Balaban J connectivity index is -0.0000000370. The second-order valence-corrected chi connectivity index (χ2v) is 1.15. The van der Waals surface area contributed by atoms with Crippen LogP contribution in [0.1, 0.15) is 1.43 Å². The number of aliphatic carboxylic acids is 4. The van der Waals surface area contributed by atoms with Crippen LogP contribution in [0.15, 0.2) is 0 Å². The van der Waals surface area contributed by atoms with Gasteiger partial charge in [0.05, 0.1) is 23.9 Å². The first-order chi connectivity index (χ1) is 5.29. The van der Waals surface area contributed by atoms with Gasteiger partial charge >= 0.3 is 73.1 Å². The van der Waals surface area contributed by atoms with Crippen LogP contribution in [-0.4, -0.2) is 23.9 Å². The number of hydrogen-bond acceptors (Lipinski definition) is 8. The van der Waals surface area contributed by atoms with E-state index in [0.717, 1.165) is 0 Å². The minimum absolute atomic E-state index is 0. The van der Waals surface area contributed by atoms with Gasteiger partial charge in [0.25, 0.3) is 0 Å². The van der Waals surface area contributed by atoms with Crippen molar-refractivity contribution >= 4 is 23.9 Å². The summed E-state index contributed by atoms with van der Waals surface area (Å²) in [6.45, 7) is 0. The largest absolute Gasteiger partial charge is 4.00 e. The van der Waals surface area contributed by atoms with Gasteiger partial charge in [0.15, 0.2) is 0 Å². The summed E-state index contributed by atoms with van der Waals surface area (Å²) < 4.78 is 0. The van der Waals surface area contributed by atoms with Gasteiger partial charge in [0.1, 0.15) is 0 Å². The molecule has 0 amide bonds. The minimum atomic E-state index is -2.19. The zero-order valence-electron chi connectivity index (χ0n) is 7.77. The Morgan fingerprint density at radius 3 is 0.714 bits per heavy atom. The molecule has 0 fully saturated rings. The fourth-order valence-electron chi connectivity index (χ4n) is 0. The Morgan fingerprint density at radius 2 is 0.714 bits per heavy atom. The van der Waals surface area contributed by atoms with Gasteiger partial charge in [-0.25, -0.2) is 0 Å². The molecule has 0 spiro atoms. The first-order valence-electron chi connectivity index (χ1n) is 2.13. The fourth-order valence-corrected chi connectivity index (χ4v) is 0. The average Bonchev–Trinajstić information content (AvgIpc) is 1.88. The molecule has 0 bridgehead atoms. The van der Waals surface area contributed by atoms with Crippen LogP contribution in [0.5, 0.6) is 0 Å². The van der Waals surface area contributed by atoms with Crippen LogP contribution in [0.3, 0.4) is 0 Å². The van der Waals surface area contributed by atoms with Gasteiger partial charge in [-0.3, -0.25) is 0 Å². The van der Waals surface area contributed by atoms with Crippen molar-refractivity contribution in [3.8, 4) is 0 Å². The van der Waals surface area contributed by atoms with E-state index < -0.39 is 23.9 Å². The molecule has 14 heavy (non-hydrogen) atoms. The van der Waals surface area contributed by atoms with Crippen LogP contribution >= 0.6 is 0 Å². The Bertz CT molecular complexity index is 183. The molecule has 0 unspecified atom stereocenters. The summed E-state index contributed by atoms with van der Waals surface area (Å²) in [6.07, 6.45) is 0. The third-order valence-corrected chi connectivity index (χ3v) is 0.333. The quantitative estimate of drug-likeness (QED) is 0.307. The van der Waals surface area contributed by atoms with Crippen LogP contribution in [0.2, 0.25) is 0 Å². The molecule has 0 saturated carbocycles. The summed E-state index contributed by atoms with van der Waals surface area (Å²) in [5.74, 6) is -8.74. The maximum Gasteiger partial charge on any atom is 4.00 e. The number of carboxylic acid groups (broad SMARTS) is 4. The van der Waals surface area contributed by atoms with E-state index in [1.165, 1.54) is 0 Å². The van der Waals surface area contributed by atoms with E-state index in [4.69, 9.17) is 39.6 Å². The Morgan fingerprint density at radius 1 is 0.643 bits per heavy atom. The molecule has 0 aromatic heterocycles. The van der Waals surface area contributed by atoms with Crippen molar-refractivity contribution in [1.82, 2.24) is 0 Å². The maximum absolute atomic E-state index is 8.93. The predicted octanol–water partition coefficient (Wildman–Crippen LogP) is -9.91. The van der Waals surface area contributed by atoms with Gasteiger partial charge in [-0.1, -0.05) is 0 Å². The van der Waals surface area contributed by atoms with Crippen molar-refractivity contribution in [2.75, 3.05) is 0 Å². The second kappa shape index (κ2) is 13.2. The minimum Gasteiger partial charge on any atom is -1.00 e. The van der Waals surface area contributed by atoms with E-state index in [1.54, 1.807) is 0 Å². The molecule has 0 aliphatic carbocycles. The average molecular weight is 264 g/mol. The van der Waals surface area contributed by atoms with Crippen molar-refractivity contribution in [1.29, 1.82) is 0 Å². The molecule has 0 atom stereocenters. The van der Waals surface area contributed by atoms with Gasteiger partial charge < -0.3 is 41.0 Å². The van der Waals surface area contributed by atoms with Gasteiger partial charge in [0.2, 0.25) is 0 Å². The molecule has 0 saturated heterocycles. The van der Waals surface area contributed by atoms with Crippen molar-refractivity contribution < 1.29 is 114 Å². The molecule has 0 N–H and O–H groups in total. The number of carboxylic acids is 4. The van der Waals surface area contributed by atoms with E-state index >= 15 is 0 Å². The van der Waals surface area contributed by atoms with Crippen molar-refractivity contribution in [2.45, 2.75) is 0 Å². The monoisotopic (exact) mass is 264 g/mol. The Kier molecular flexibility index (Phi) is 22.5. The van der Waals surface area contributed by atoms with Crippen LogP contribution in [-0.2, 0) is 40.9 Å². The zero-order chi connectivity index (χ0) is 10.3. The maximum atomic E-state index is 8.93. The SMILES string of the molecule is O=C([O-])C(=O)[O-].O=C([O-])C(=O)[O-].[H-].[K+].[Ti+4]. The summed E-state index contributed by atoms with van der Waals surface area (Å²) >= 11 is 0. The predicted molar refractivity (Wildman–Crippen MR) is 21.1 cm³/mol. The molecule has 70 valence electrons. The number of carbonyl (C=O) groups is 4. The molecule has 0 radical (unpaired) electrons. The van der Waals surface area contributed by atoms with E-state index in [0.29, 0.717) is 0 Å². The van der Waals surface area contributed by atoms with E-state index in [-0.39, 0.29) is 74.5 Å². The molecule has 0 rings (SSSR count). The van der Waals surface area contributed by atoms with Gasteiger partial charge in [-0.05, 0) is 0 Å². The number of hydrogen-bond donors (Lipinski definition) is 0. The first kappa shape index (κ1) is 23.8. The van der Waals surface area contributed by atoms with Crippen LogP contribution in [0.25, 0.3) is 0 Å². The van der Waals surface area contributed by atoms with Crippen LogP contribution < -0.4 is 71.8 Å². The Labute approximate surface area is 136 Å². The first-order valence-corrected chi connectivity index (χ1v) is 2.13. The van der Waals surface area contributed by atoms with Crippen molar-refractivity contribution in [2.24, 2.45) is 0 Å². The zero-order valence-corrected chi connectivity index (χ0v) is 11.5. The standard InChI is InChI=1S/2C2H2O4.K.Ti.H/c2*3-1(4)2(5)6;;;/h2*(H,3,4)(H,5,6);;;/q;;+1;+4;-1/p-4. The molecule has 0 aromatic carbocycles. The van der Waals surface area contributed by atoms with E-state index in [9.17, 15) is 0 Å². The molecule has 0 aromatic rings. The second-order valence-electron chi connectivity index (χ2n) is 1.15. The fraction of sp³-hybridized carbons (Fsp3) is 0. The summed E-state index contributed by atoms with van der Waals surface area (Å²) in [4.78, 5) is 35.7. The molecule has 10 heteroatoms. The number of rotatable bonds is 0. The van der Waals surface area contributed by atoms with Gasteiger partial charge in [0, 0.05) is 0 Å². The summed E-state index contributed by atoms with van der Waals surface area (Å²) in [5.41, 5.74) is 0. The molecular weight excluding hydrogens is 263 g/mol. The molecular formula is C4HKO8Ti. The Hall–Kier alpha value is 0.231. The van der Waals surface area contributed by atoms with Crippen molar-refractivity contribution in [3.05, 3.63) is 0 Å². The molecule has 0 heterocycles. The topological polar surface area (TPSA) is 161 Å². The third-order valence-electron chi connectivity index (χ3n) is 0.333. The summed E-state index contributed by atoms with van der Waals surface area (Å²) in [7, 11) is 0. The normalized spacial score (nSPS) is 6.29. The van der Waals surface area contributed by atoms with E-state index in [2.05, 4.69) is 0 Å². The molecule has 8 nitrogen and oxygen atoms in total. The summed E-state index contributed by atoms with van der Waals surface area (Å²) in [6, 6.07) is 0. The smallest absolute Gasteiger partial charge is 1.00 e. The van der Waals surface area contributed by atoms with Gasteiger partial charge in [-0.15, -0.1) is 0 Å². The summed E-state index contributed by atoms with van der Waals surface area (Å²) in [5, 5.41) is 35.7. The third kappa shape index (κ3) is 22.8. The molecule has 0 aliphatic heterocycles. The van der Waals surface area contributed by atoms with E-state index in [1.807, 2.05) is 0 Å². The van der Waals surface area contributed by atoms with Crippen LogP contribution in [0, 0.1) is 0 Å².